The van der Waals surface area contributed by atoms with E-state index in [1.807, 2.05) is 18.2 Å². The Balaban J connectivity index is 1.98. The first-order chi connectivity index (χ1) is 9.18. The summed E-state index contributed by atoms with van der Waals surface area (Å²) in [6.45, 7) is 2.67. The van der Waals surface area contributed by atoms with Crippen LogP contribution in [0.4, 0.5) is 0 Å². The number of nitrogens with one attached hydrogen (secondary N) is 2. The lowest BCUT2D eigenvalue weighted by Gasteiger charge is -2.13. The minimum Gasteiger partial charge on any atom is -0.352 e. The molecule has 2 aromatic rings. The fourth-order valence-electron chi connectivity index (χ4n) is 1.84. The summed E-state index contributed by atoms with van der Waals surface area (Å²) >= 11 is 5.09. The summed E-state index contributed by atoms with van der Waals surface area (Å²) in [5, 5.41) is 2.91. The van der Waals surface area contributed by atoms with Crippen LogP contribution >= 0.6 is 12.2 Å². The lowest BCUT2D eigenvalue weighted by Crippen LogP contribution is -2.27. The Kier molecular flexibility index (Phi) is 4.47. The van der Waals surface area contributed by atoms with E-state index >= 15 is 0 Å². The maximum Gasteiger partial charge on any atom is 0.254 e. The van der Waals surface area contributed by atoms with Gasteiger partial charge in [-0.05, 0) is 23.6 Å². The molecule has 4 heteroatoms. The zero-order chi connectivity index (χ0) is 13.7. The van der Waals surface area contributed by atoms with Crippen LogP contribution in [-0.2, 0) is 0 Å². The zero-order valence-electron chi connectivity index (χ0n) is 10.7. The van der Waals surface area contributed by atoms with Crippen LogP contribution < -0.4 is 5.32 Å². The quantitative estimate of drug-likeness (QED) is 0.839. The number of H-pyrrole nitrogens is 1. The Morgan fingerprint density at radius 3 is 2.68 bits per heavy atom. The Morgan fingerprint density at radius 2 is 2.00 bits per heavy atom. The van der Waals surface area contributed by atoms with Crippen LogP contribution in [0.25, 0.3) is 0 Å². The molecule has 0 aliphatic carbocycles. The highest BCUT2D eigenvalue weighted by Crippen LogP contribution is 2.13. The highest BCUT2D eigenvalue weighted by Gasteiger charge is 2.10. The van der Waals surface area contributed by atoms with Crippen LogP contribution in [0.3, 0.4) is 0 Å². The summed E-state index contributed by atoms with van der Waals surface area (Å²) in [5.41, 5.74) is 1.72. The molecule has 0 bridgehead atoms. The number of hydrogen-bond donors (Lipinski definition) is 2. The molecule has 1 atom stereocenters. The van der Waals surface area contributed by atoms with Crippen molar-refractivity contribution in [2.75, 3.05) is 6.54 Å². The lowest BCUT2D eigenvalue weighted by atomic mass is 10.0. The molecule has 2 N–H and O–H groups in total. The average Bonchev–Trinajstić information content (AvgIpc) is 2.46. The molecular weight excluding hydrogens is 256 g/mol. The third kappa shape index (κ3) is 3.51. The van der Waals surface area contributed by atoms with Gasteiger partial charge in [0, 0.05) is 12.7 Å². The molecule has 2 rings (SSSR count). The molecule has 0 spiro atoms. The normalized spacial score (nSPS) is 11.8. The Bertz CT molecular complexity index is 607. The molecule has 0 radical (unpaired) electrons. The van der Waals surface area contributed by atoms with Gasteiger partial charge < -0.3 is 10.3 Å². The summed E-state index contributed by atoms with van der Waals surface area (Å²) in [7, 11) is 0. The van der Waals surface area contributed by atoms with E-state index in [1.54, 1.807) is 18.3 Å². The SMILES string of the molecule is C[C@@H](CNC(=O)c1ccc[nH]c1=S)c1ccccc1. The number of aromatic nitrogens is 1. The van der Waals surface area contributed by atoms with Crippen molar-refractivity contribution < 1.29 is 4.79 Å². The molecule has 0 fully saturated rings. The van der Waals surface area contributed by atoms with E-state index in [0.29, 0.717) is 16.7 Å². The van der Waals surface area contributed by atoms with Crippen LogP contribution in [0.2, 0.25) is 0 Å². The van der Waals surface area contributed by atoms with Gasteiger partial charge in [0.25, 0.3) is 5.91 Å². The van der Waals surface area contributed by atoms with Gasteiger partial charge in [-0.25, -0.2) is 0 Å². The molecule has 3 nitrogen and oxygen atoms in total. The molecule has 1 aromatic carbocycles. The average molecular weight is 272 g/mol. The van der Waals surface area contributed by atoms with Crippen molar-refractivity contribution in [3.05, 3.63) is 64.4 Å². The summed E-state index contributed by atoms with van der Waals surface area (Å²) in [6.07, 6.45) is 1.71. The second kappa shape index (κ2) is 6.29. The summed E-state index contributed by atoms with van der Waals surface area (Å²) in [4.78, 5) is 14.9. The minimum atomic E-state index is -0.135. The highest BCUT2D eigenvalue weighted by molar-refractivity contribution is 7.71. The molecule has 0 aliphatic rings. The van der Waals surface area contributed by atoms with Gasteiger partial charge in [0.05, 0.1) is 5.56 Å². The monoisotopic (exact) mass is 272 g/mol. The fraction of sp³-hybridized carbons (Fsp3) is 0.200. The highest BCUT2D eigenvalue weighted by atomic mass is 32.1. The van der Waals surface area contributed by atoms with E-state index in [1.165, 1.54) is 5.56 Å². The van der Waals surface area contributed by atoms with Crippen molar-refractivity contribution >= 4 is 18.1 Å². The van der Waals surface area contributed by atoms with Crippen molar-refractivity contribution in [3.8, 4) is 0 Å². The second-order valence-electron chi connectivity index (χ2n) is 4.43. The van der Waals surface area contributed by atoms with E-state index in [4.69, 9.17) is 12.2 Å². The van der Waals surface area contributed by atoms with Gasteiger partial charge in [-0.15, -0.1) is 0 Å². The van der Waals surface area contributed by atoms with E-state index in [9.17, 15) is 4.79 Å². The summed E-state index contributed by atoms with van der Waals surface area (Å²) in [6, 6.07) is 13.6. The van der Waals surface area contributed by atoms with Crippen LogP contribution in [0.5, 0.6) is 0 Å². The van der Waals surface area contributed by atoms with E-state index < -0.39 is 0 Å². The number of hydrogen-bond acceptors (Lipinski definition) is 2. The molecular formula is C15H16N2OS. The maximum atomic E-state index is 12.0. The first-order valence-corrected chi connectivity index (χ1v) is 6.60. The topological polar surface area (TPSA) is 44.9 Å². The number of aromatic amines is 1. The smallest absolute Gasteiger partial charge is 0.254 e. The number of amides is 1. The number of rotatable bonds is 4. The molecule has 1 heterocycles. The van der Waals surface area contributed by atoms with E-state index in [2.05, 4.69) is 29.4 Å². The molecule has 0 aliphatic heterocycles. The fourth-order valence-corrected chi connectivity index (χ4v) is 2.07. The molecule has 0 saturated carbocycles. The first kappa shape index (κ1) is 13.5. The van der Waals surface area contributed by atoms with Gasteiger partial charge in [-0.3, -0.25) is 4.79 Å². The maximum absolute atomic E-state index is 12.0. The van der Waals surface area contributed by atoms with Crippen LogP contribution in [0.15, 0.2) is 48.7 Å². The molecule has 19 heavy (non-hydrogen) atoms. The molecule has 98 valence electrons. The Hall–Kier alpha value is -1.94. The van der Waals surface area contributed by atoms with Crippen molar-refractivity contribution in [1.29, 1.82) is 0 Å². The summed E-state index contributed by atoms with van der Waals surface area (Å²) < 4.78 is 0.465. The number of pyridine rings is 1. The third-order valence-electron chi connectivity index (χ3n) is 3.00. The number of benzene rings is 1. The Labute approximate surface area is 117 Å². The van der Waals surface area contributed by atoms with Crippen molar-refractivity contribution in [3.63, 3.8) is 0 Å². The lowest BCUT2D eigenvalue weighted by molar-refractivity contribution is 0.0951. The minimum absolute atomic E-state index is 0.135. The van der Waals surface area contributed by atoms with Gasteiger partial charge in [0.1, 0.15) is 4.64 Å². The number of carbonyl (C=O) groups is 1. The van der Waals surface area contributed by atoms with Gasteiger partial charge >= 0.3 is 0 Å². The third-order valence-corrected chi connectivity index (χ3v) is 3.34. The van der Waals surface area contributed by atoms with Crippen molar-refractivity contribution in [2.45, 2.75) is 12.8 Å². The van der Waals surface area contributed by atoms with E-state index in [-0.39, 0.29) is 11.8 Å². The first-order valence-electron chi connectivity index (χ1n) is 6.19. The predicted molar refractivity (Wildman–Crippen MR) is 78.8 cm³/mol. The predicted octanol–water partition coefficient (Wildman–Crippen LogP) is 3.28. The van der Waals surface area contributed by atoms with Crippen LogP contribution in [-0.4, -0.2) is 17.4 Å². The van der Waals surface area contributed by atoms with Crippen molar-refractivity contribution in [2.24, 2.45) is 0 Å². The van der Waals surface area contributed by atoms with Crippen molar-refractivity contribution in [1.82, 2.24) is 10.3 Å². The van der Waals surface area contributed by atoms with Crippen LogP contribution in [0.1, 0.15) is 28.8 Å². The molecule has 0 saturated heterocycles. The molecule has 0 unspecified atom stereocenters. The largest absolute Gasteiger partial charge is 0.352 e. The summed E-state index contributed by atoms with van der Waals surface area (Å²) in [5.74, 6) is 0.135. The zero-order valence-corrected chi connectivity index (χ0v) is 11.5. The van der Waals surface area contributed by atoms with Gasteiger partial charge in [-0.2, -0.15) is 0 Å². The van der Waals surface area contributed by atoms with Gasteiger partial charge in [0.2, 0.25) is 0 Å². The van der Waals surface area contributed by atoms with Gasteiger partial charge in [0.15, 0.2) is 0 Å². The van der Waals surface area contributed by atoms with E-state index in [0.717, 1.165) is 0 Å². The van der Waals surface area contributed by atoms with Crippen LogP contribution in [0, 0.1) is 4.64 Å². The molecule has 1 aromatic heterocycles. The van der Waals surface area contributed by atoms with Gasteiger partial charge in [-0.1, -0.05) is 49.5 Å². The number of carbonyl (C=O) groups excluding carboxylic acids is 1. The Morgan fingerprint density at radius 1 is 1.26 bits per heavy atom. The standard InChI is InChI=1S/C15H16N2OS/c1-11(12-6-3-2-4-7-12)10-17-14(18)13-8-5-9-16-15(13)19/h2-9,11H,10H2,1H3,(H,16,19)(H,17,18)/t11-/m0/s1. The second-order valence-corrected chi connectivity index (χ2v) is 4.84. The molecule has 1 amide bonds.